The van der Waals surface area contributed by atoms with Gasteiger partial charge in [0.05, 0.1) is 19.8 Å². The van der Waals surface area contributed by atoms with Gasteiger partial charge in [0.1, 0.15) is 6.67 Å². The lowest BCUT2D eigenvalue weighted by Crippen LogP contribution is -2.47. The van der Waals surface area contributed by atoms with E-state index >= 15 is 0 Å². The second-order valence-electron chi connectivity index (χ2n) is 7.35. The molecule has 2 heterocycles. The number of nitrogens with zero attached hydrogens (tertiary/aromatic N) is 6. The molecule has 0 atom stereocenters. The van der Waals surface area contributed by atoms with Crippen molar-refractivity contribution in [2.75, 3.05) is 45.3 Å². The summed E-state index contributed by atoms with van der Waals surface area (Å²) in [5.41, 5.74) is 0.698. The zero-order chi connectivity index (χ0) is 22.7. The molecule has 1 aliphatic rings. The molecule has 0 unspecified atom stereocenters. The SMILES string of the molecule is COc1ccc(-c2nnn(CN3CCN(c4cccc(C(F)(F)F)c4)CC3)n2)cc1OC. The molecule has 0 N–H and O–H groups in total. The van der Waals surface area contributed by atoms with E-state index in [0.29, 0.717) is 55.9 Å². The Morgan fingerprint density at radius 2 is 1.69 bits per heavy atom. The number of aromatic nitrogens is 4. The first-order valence-corrected chi connectivity index (χ1v) is 10.0. The number of benzene rings is 2. The number of piperazine rings is 1. The van der Waals surface area contributed by atoms with Crippen molar-refractivity contribution in [3.8, 4) is 22.9 Å². The van der Waals surface area contributed by atoms with Gasteiger partial charge in [-0.15, -0.1) is 15.0 Å². The number of hydrogen-bond donors (Lipinski definition) is 0. The topological polar surface area (TPSA) is 68.5 Å². The van der Waals surface area contributed by atoms with Crippen LogP contribution in [0.3, 0.4) is 0 Å². The monoisotopic (exact) mass is 448 g/mol. The molecule has 32 heavy (non-hydrogen) atoms. The van der Waals surface area contributed by atoms with Crippen LogP contribution in [0, 0.1) is 0 Å². The van der Waals surface area contributed by atoms with E-state index in [1.54, 1.807) is 32.4 Å². The number of halogens is 3. The van der Waals surface area contributed by atoms with Crippen molar-refractivity contribution in [3.63, 3.8) is 0 Å². The van der Waals surface area contributed by atoms with E-state index in [1.165, 1.54) is 16.9 Å². The maximum absolute atomic E-state index is 13.0. The molecule has 1 saturated heterocycles. The quantitative estimate of drug-likeness (QED) is 0.574. The van der Waals surface area contributed by atoms with E-state index in [1.807, 2.05) is 11.0 Å². The lowest BCUT2D eigenvalue weighted by molar-refractivity contribution is -0.137. The Morgan fingerprint density at radius 1 is 0.938 bits per heavy atom. The van der Waals surface area contributed by atoms with Gasteiger partial charge in [-0.05, 0) is 41.6 Å². The van der Waals surface area contributed by atoms with Crippen molar-refractivity contribution in [2.24, 2.45) is 0 Å². The Bertz CT molecular complexity index is 1060. The van der Waals surface area contributed by atoms with Crippen molar-refractivity contribution in [1.29, 1.82) is 0 Å². The molecule has 0 spiro atoms. The van der Waals surface area contributed by atoms with E-state index < -0.39 is 11.7 Å². The van der Waals surface area contributed by atoms with Gasteiger partial charge in [0.25, 0.3) is 0 Å². The highest BCUT2D eigenvalue weighted by molar-refractivity contribution is 5.60. The molecule has 0 saturated carbocycles. The van der Waals surface area contributed by atoms with Crippen LogP contribution in [0.4, 0.5) is 18.9 Å². The highest BCUT2D eigenvalue weighted by Crippen LogP contribution is 2.32. The highest BCUT2D eigenvalue weighted by Gasteiger charge is 2.31. The lowest BCUT2D eigenvalue weighted by atomic mass is 10.1. The van der Waals surface area contributed by atoms with Crippen LogP contribution in [-0.2, 0) is 12.8 Å². The minimum Gasteiger partial charge on any atom is -0.493 e. The standard InChI is InChI=1S/C21H23F3N6O2/c1-31-18-7-6-15(12-19(18)32-2)20-25-27-30(26-20)14-28-8-10-29(11-9-28)17-5-3-4-16(13-17)21(22,23)24/h3-7,12-13H,8-11,14H2,1-2H3. The largest absolute Gasteiger partial charge is 0.493 e. The summed E-state index contributed by atoms with van der Waals surface area (Å²) in [6.45, 7) is 3.00. The van der Waals surface area contributed by atoms with E-state index in [4.69, 9.17) is 9.47 Å². The molecule has 4 rings (SSSR count). The van der Waals surface area contributed by atoms with Crippen molar-refractivity contribution >= 4 is 5.69 Å². The molecular weight excluding hydrogens is 425 g/mol. The first kappa shape index (κ1) is 21.9. The maximum atomic E-state index is 13.0. The molecule has 0 aliphatic carbocycles. The molecule has 0 amide bonds. The first-order chi connectivity index (χ1) is 15.4. The van der Waals surface area contributed by atoms with Gasteiger partial charge in [0, 0.05) is 37.4 Å². The molecule has 11 heteroatoms. The van der Waals surface area contributed by atoms with Crippen molar-refractivity contribution in [3.05, 3.63) is 48.0 Å². The van der Waals surface area contributed by atoms with Crippen molar-refractivity contribution < 1.29 is 22.6 Å². The van der Waals surface area contributed by atoms with Crippen molar-refractivity contribution in [1.82, 2.24) is 25.1 Å². The molecule has 2 aromatic carbocycles. The fraction of sp³-hybridized carbons (Fsp3) is 0.381. The van der Waals surface area contributed by atoms with Crippen LogP contribution in [0.2, 0.25) is 0 Å². The number of alkyl halides is 3. The minimum atomic E-state index is -4.35. The molecule has 1 aliphatic heterocycles. The maximum Gasteiger partial charge on any atom is 0.416 e. The Balaban J connectivity index is 1.37. The zero-order valence-electron chi connectivity index (χ0n) is 17.7. The van der Waals surface area contributed by atoms with Crippen LogP contribution < -0.4 is 14.4 Å². The van der Waals surface area contributed by atoms with E-state index in [2.05, 4.69) is 20.3 Å². The Morgan fingerprint density at radius 3 is 2.38 bits per heavy atom. The molecule has 3 aromatic rings. The highest BCUT2D eigenvalue weighted by atomic mass is 19.4. The third-order valence-electron chi connectivity index (χ3n) is 5.33. The normalized spacial score (nSPS) is 15.1. The predicted octanol–water partition coefficient (Wildman–Crippen LogP) is 3.16. The second-order valence-corrected chi connectivity index (χ2v) is 7.35. The lowest BCUT2D eigenvalue weighted by Gasteiger charge is -2.35. The molecule has 1 aromatic heterocycles. The van der Waals surface area contributed by atoms with Crippen LogP contribution in [0.15, 0.2) is 42.5 Å². The van der Waals surface area contributed by atoms with Gasteiger partial charge < -0.3 is 14.4 Å². The molecule has 1 fully saturated rings. The van der Waals surface area contributed by atoms with Crippen LogP contribution in [0.25, 0.3) is 11.4 Å². The number of hydrogen-bond acceptors (Lipinski definition) is 7. The summed E-state index contributed by atoms with van der Waals surface area (Å²) < 4.78 is 49.5. The summed E-state index contributed by atoms with van der Waals surface area (Å²) in [5, 5.41) is 12.7. The molecule has 170 valence electrons. The summed E-state index contributed by atoms with van der Waals surface area (Å²) >= 11 is 0. The van der Waals surface area contributed by atoms with Crippen LogP contribution in [0.1, 0.15) is 5.56 Å². The average molecular weight is 448 g/mol. The number of tetrazole rings is 1. The van der Waals surface area contributed by atoms with Gasteiger partial charge in [0.15, 0.2) is 11.5 Å². The van der Waals surface area contributed by atoms with Crippen LogP contribution >= 0.6 is 0 Å². The van der Waals surface area contributed by atoms with Gasteiger partial charge in [-0.1, -0.05) is 6.07 Å². The first-order valence-electron chi connectivity index (χ1n) is 10.0. The van der Waals surface area contributed by atoms with Gasteiger partial charge >= 0.3 is 6.18 Å². The smallest absolute Gasteiger partial charge is 0.416 e. The number of rotatable bonds is 6. The Kier molecular flexibility index (Phi) is 6.17. The summed E-state index contributed by atoms with van der Waals surface area (Å²) in [7, 11) is 3.13. The number of anilines is 1. The summed E-state index contributed by atoms with van der Waals surface area (Å²) in [6.07, 6.45) is -4.35. The third-order valence-corrected chi connectivity index (χ3v) is 5.33. The zero-order valence-corrected chi connectivity index (χ0v) is 17.7. The van der Waals surface area contributed by atoms with Gasteiger partial charge in [0.2, 0.25) is 5.82 Å². The van der Waals surface area contributed by atoms with Crippen molar-refractivity contribution in [2.45, 2.75) is 12.8 Å². The van der Waals surface area contributed by atoms with Gasteiger partial charge in [-0.25, -0.2) is 0 Å². The Hall–Kier alpha value is -3.34. The third kappa shape index (κ3) is 4.77. The summed E-state index contributed by atoms with van der Waals surface area (Å²) in [4.78, 5) is 5.59. The van der Waals surface area contributed by atoms with E-state index in [9.17, 15) is 13.2 Å². The van der Waals surface area contributed by atoms with E-state index in [0.717, 1.165) is 11.6 Å². The van der Waals surface area contributed by atoms with Crippen LogP contribution in [0.5, 0.6) is 11.5 Å². The van der Waals surface area contributed by atoms with Gasteiger partial charge in [-0.2, -0.15) is 13.2 Å². The summed E-state index contributed by atoms with van der Waals surface area (Å²) in [6, 6.07) is 10.8. The Labute approximate surface area is 183 Å². The minimum absolute atomic E-state index is 0.441. The fourth-order valence-corrected chi connectivity index (χ4v) is 3.60. The molecule has 0 radical (unpaired) electrons. The number of ether oxygens (including phenoxy) is 2. The van der Waals surface area contributed by atoms with Crippen LogP contribution in [-0.4, -0.2) is 65.5 Å². The molecular formula is C21H23F3N6O2. The van der Waals surface area contributed by atoms with Gasteiger partial charge in [-0.3, -0.25) is 4.90 Å². The molecule has 0 bridgehead atoms. The second kappa shape index (κ2) is 9.03. The predicted molar refractivity (Wildman–Crippen MR) is 112 cm³/mol. The average Bonchev–Trinajstić information content (AvgIpc) is 3.27. The fourth-order valence-electron chi connectivity index (χ4n) is 3.60. The van der Waals surface area contributed by atoms with E-state index in [-0.39, 0.29) is 0 Å². The summed E-state index contributed by atoms with van der Waals surface area (Å²) in [5.74, 6) is 1.66. The number of methoxy groups -OCH3 is 2. The molecule has 8 nitrogen and oxygen atoms in total.